The molecular formula is C14H19NO2S3. The van der Waals surface area contributed by atoms with Gasteiger partial charge in [0.1, 0.15) is 10.1 Å². The molecule has 0 bridgehead atoms. The van der Waals surface area contributed by atoms with Crippen molar-refractivity contribution >= 4 is 45.6 Å². The number of amides is 1. The van der Waals surface area contributed by atoms with E-state index in [4.69, 9.17) is 4.74 Å². The monoisotopic (exact) mass is 329 g/mol. The van der Waals surface area contributed by atoms with Crippen molar-refractivity contribution in [3.8, 4) is 5.75 Å². The molecule has 0 aliphatic rings. The first-order valence-corrected chi connectivity index (χ1v) is 9.55. The number of ether oxygens (including phenoxy) is 1. The standard InChI is InChI=1S/C14H19NO2S3/c1-10(13(16)15-14(18-3)19-4)20-9-11-5-7-12(17-2)8-6-11/h5-8,10H,9H2,1-4H3. The van der Waals surface area contributed by atoms with Crippen molar-refractivity contribution in [3.63, 3.8) is 0 Å². The van der Waals surface area contributed by atoms with E-state index in [1.165, 1.54) is 29.1 Å². The van der Waals surface area contributed by atoms with E-state index in [1.807, 2.05) is 43.7 Å². The van der Waals surface area contributed by atoms with Crippen molar-refractivity contribution in [1.29, 1.82) is 0 Å². The third-order valence-electron chi connectivity index (χ3n) is 2.56. The molecule has 0 heterocycles. The van der Waals surface area contributed by atoms with Gasteiger partial charge in [-0.1, -0.05) is 12.1 Å². The Hall–Kier alpha value is -0.590. The van der Waals surface area contributed by atoms with E-state index >= 15 is 0 Å². The number of hydrogen-bond acceptors (Lipinski definition) is 5. The summed E-state index contributed by atoms with van der Waals surface area (Å²) in [7, 11) is 1.65. The second-order valence-corrected chi connectivity index (χ2v) is 7.10. The highest BCUT2D eigenvalue weighted by Crippen LogP contribution is 2.21. The first kappa shape index (κ1) is 17.5. The summed E-state index contributed by atoms with van der Waals surface area (Å²) in [6.45, 7) is 1.90. The number of nitrogens with zero attached hydrogens (tertiary/aromatic N) is 1. The number of rotatable bonds is 5. The summed E-state index contributed by atoms with van der Waals surface area (Å²) in [5.74, 6) is 1.57. The Kier molecular flexibility index (Phi) is 8.18. The molecule has 0 N–H and O–H groups in total. The molecule has 0 aromatic heterocycles. The fourth-order valence-corrected chi connectivity index (χ4v) is 3.23. The van der Waals surface area contributed by atoms with E-state index < -0.39 is 0 Å². The molecule has 1 amide bonds. The van der Waals surface area contributed by atoms with Crippen LogP contribution in [0.5, 0.6) is 5.75 Å². The number of aliphatic imine (C=N–C) groups is 1. The van der Waals surface area contributed by atoms with Crippen LogP contribution >= 0.6 is 35.3 Å². The minimum absolute atomic E-state index is 0.0674. The number of thioether (sulfide) groups is 3. The van der Waals surface area contributed by atoms with Crippen LogP contribution in [0.4, 0.5) is 0 Å². The molecule has 0 aliphatic heterocycles. The van der Waals surface area contributed by atoms with Gasteiger partial charge in [-0.2, -0.15) is 4.99 Å². The van der Waals surface area contributed by atoms with Crippen LogP contribution < -0.4 is 4.74 Å². The van der Waals surface area contributed by atoms with Gasteiger partial charge in [0.15, 0.2) is 0 Å². The van der Waals surface area contributed by atoms with Crippen LogP contribution in [0.1, 0.15) is 12.5 Å². The van der Waals surface area contributed by atoms with Crippen LogP contribution in [0.2, 0.25) is 0 Å². The molecule has 0 aliphatic carbocycles. The molecule has 20 heavy (non-hydrogen) atoms. The van der Waals surface area contributed by atoms with Crippen molar-refractivity contribution in [2.45, 2.75) is 17.9 Å². The van der Waals surface area contributed by atoms with Crippen LogP contribution in [0.15, 0.2) is 29.3 Å². The maximum absolute atomic E-state index is 11.9. The summed E-state index contributed by atoms with van der Waals surface area (Å²) in [4.78, 5) is 16.1. The topological polar surface area (TPSA) is 38.7 Å². The van der Waals surface area contributed by atoms with Gasteiger partial charge in [-0.05, 0) is 37.1 Å². The first-order valence-electron chi connectivity index (χ1n) is 6.05. The van der Waals surface area contributed by atoms with Gasteiger partial charge < -0.3 is 4.74 Å². The van der Waals surface area contributed by atoms with Crippen molar-refractivity contribution in [2.75, 3.05) is 19.6 Å². The number of hydrogen-bond donors (Lipinski definition) is 0. The lowest BCUT2D eigenvalue weighted by Gasteiger charge is -2.08. The highest BCUT2D eigenvalue weighted by Gasteiger charge is 2.13. The smallest absolute Gasteiger partial charge is 0.260 e. The molecule has 0 saturated carbocycles. The van der Waals surface area contributed by atoms with Crippen molar-refractivity contribution in [1.82, 2.24) is 0 Å². The Morgan fingerprint density at radius 1 is 1.25 bits per heavy atom. The second kappa shape index (κ2) is 9.37. The van der Waals surface area contributed by atoms with Crippen LogP contribution in [0, 0.1) is 0 Å². The minimum Gasteiger partial charge on any atom is -0.497 e. The summed E-state index contributed by atoms with van der Waals surface area (Å²) in [5.41, 5.74) is 1.18. The third kappa shape index (κ3) is 5.81. The zero-order chi connectivity index (χ0) is 15.0. The Bertz CT molecular complexity index is 454. The van der Waals surface area contributed by atoms with Crippen LogP contribution in [-0.4, -0.2) is 35.2 Å². The van der Waals surface area contributed by atoms with Crippen molar-refractivity contribution in [3.05, 3.63) is 29.8 Å². The van der Waals surface area contributed by atoms with E-state index in [-0.39, 0.29) is 11.2 Å². The molecule has 0 radical (unpaired) electrons. The molecular weight excluding hydrogens is 310 g/mol. The SMILES string of the molecule is COc1ccc(CSC(C)C(=O)N=C(SC)SC)cc1. The van der Waals surface area contributed by atoms with Gasteiger partial charge in [-0.15, -0.1) is 35.3 Å². The number of carbonyl (C=O) groups is 1. The maximum Gasteiger partial charge on any atom is 0.260 e. The second-order valence-electron chi connectivity index (χ2n) is 3.93. The molecule has 110 valence electrons. The predicted molar refractivity (Wildman–Crippen MR) is 93.2 cm³/mol. The average molecular weight is 330 g/mol. The lowest BCUT2D eigenvalue weighted by molar-refractivity contribution is -0.116. The predicted octanol–water partition coefficient (Wildman–Crippen LogP) is 3.93. The van der Waals surface area contributed by atoms with E-state index in [9.17, 15) is 4.79 Å². The highest BCUT2D eigenvalue weighted by molar-refractivity contribution is 8.38. The van der Waals surface area contributed by atoms with E-state index in [0.717, 1.165) is 15.9 Å². The zero-order valence-corrected chi connectivity index (χ0v) is 14.5. The summed E-state index contributed by atoms with van der Waals surface area (Å²) in [6.07, 6.45) is 3.86. The van der Waals surface area contributed by atoms with Gasteiger partial charge in [0.05, 0.1) is 12.4 Å². The quantitative estimate of drug-likeness (QED) is 0.604. The maximum atomic E-state index is 11.9. The summed E-state index contributed by atoms with van der Waals surface area (Å²) < 4.78 is 5.93. The van der Waals surface area contributed by atoms with E-state index in [1.54, 1.807) is 18.9 Å². The lowest BCUT2D eigenvalue weighted by Crippen LogP contribution is -2.11. The lowest BCUT2D eigenvalue weighted by atomic mass is 10.2. The van der Waals surface area contributed by atoms with Crippen molar-refractivity contribution in [2.24, 2.45) is 4.99 Å². The molecule has 1 aromatic rings. The summed E-state index contributed by atoms with van der Waals surface area (Å²) >= 11 is 4.60. The minimum atomic E-state index is -0.133. The van der Waals surface area contributed by atoms with Gasteiger partial charge in [-0.25, -0.2) is 0 Å². The number of benzene rings is 1. The molecule has 1 atom stereocenters. The summed E-state index contributed by atoms with van der Waals surface area (Å²) in [6, 6.07) is 7.89. The molecule has 1 rings (SSSR count). The fourth-order valence-electron chi connectivity index (χ4n) is 1.37. The summed E-state index contributed by atoms with van der Waals surface area (Å²) in [5, 5.41) is -0.133. The van der Waals surface area contributed by atoms with Crippen molar-refractivity contribution < 1.29 is 9.53 Å². The van der Waals surface area contributed by atoms with Gasteiger partial charge in [0.2, 0.25) is 0 Å². The molecule has 0 saturated heterocycles. The molecule has 3 nitrogen and oxygen atoms in total. The highest BCUT2D eigenvalue weighted by atomic mass is 32.2. The van der Waals surface area contributed by atoms with Gasteiger partial charge in [0, 0.05) is 5.75 Å². The molecule has 6 heteroatoms. The average Bonchev–Trinajstić information content (AvgIpc) is 2.50. The van der Waals surface area contributed by atoms with Gasteiger partial charge in [-0.3, -0.25) is 4.79 Å². The normalized spacial score (nSPS) is 11.8. The third-order valence-corrected chi connectivity index (χ3v) is 5.64. The van der Waals surface area contributed by atoms with Crippen LogP contribution in [0.25, 0.3) is 0 Å². The Morgan fingerprint density at radius 2 is 1.85 bits per heavy atom. The van der Waals surface area contributed by atoms with Gasteiger partial charge >= 0.3 is 0 Å². The molecule has 1 aromatic carbocycles. The molecule has 0 spiro atoms. The van der Waals surface area contributed by atoms with E-state index in [0.29, 0.717) is 0 Å². The Balaban J connectivity index is 2.51. The Morgan fingerprint density at radius 3 is 2.35 bits per heavy atom. The fraction of sp³-hybridized carbons (Fsp3) is 0.429. The molecule has 1 unspecified atom stereocenters. The van der Waals surface area contributed by atoms with Crippen LogP contribution in [0.3, 0.4) is 0 Å². The molecule has 0 fully saturated rings. The van der Waals surface area contributed by atoms with Crippen LogP contribution in [-0.2, 0) is 10.5 Å². The first-order chi connectivity index (χ1) is 9.60. The van der Waals surface area contributed by atoms with E-state index in [2.05, 4.69) is 4.99 Å². The largest absolute Gasteiger partial charge is 0.497 e. The number of methoxy groups -OCH3 is 1. The number of carbonyl (C=O) groups excluding carboxylic acids is 1. The zero-order valence-electron chi connectivity index (χ0n) is 12.1. The Labute approximate surface area is 133 Å². The van der Waals surface area contributed by atoms with Gasteiger partial charge in [0.25, 0.3) is 5.91 Å².